The molecule has 0 spiro atoms. The summed E-state index contributed by atoms with van der Waals surface area (Å²) >= 11 is 0. The number of ether oxygens (including phenoxy) is 1. The van der Waals surface area contributed by atoms with E-state index in [1.165, 1.54) is 6.07 Å². The van der Waals surface area contributed by atoms with Crippen LogP contribution in [0.1, 0.15) is 51.0 Å². The highest BCUT2D eigenvalue weighted by Gasteiger charge is 2.43. The lowest BCUT2D eigenvalue weighted by atomic mass is 10.00. The lowest BCUT2D eigenvalue weighted by Crippen LogP contribution is -2.35. The smallest absolute Gasteiger partial charge is 0.381 e. The first-order valence-corrected chi connectivity index (χ1v) is 12.6. The summed E-state index contributed by atoms with van der Waals surface area (Å²) < 4.78 is 47.2. The second kappa shape index (κ2) is 9.56. The molecule has 6 nitrogen and oxygen atoms in total. The lowest BCUT2D eigenvalue weighted by molar-refractivity contribution is -0.137. The highest BCUT2D eigenvalue weighted by atomic mass is 19.4. The molecule has 1 aliphatic carbocycles. The van der Waals surface area contributed by atoms with Crippen LogP contribution in [0.15, 0.2) is 6.07 Å². The molecule has 2 unspecified atom stereocenters. The van der Waals surface area contributed by atoms with Gasteiger partial charge in [-0.2, -0.15) is 13.2 Å². The number of hydrogen-bond donors (Lipinski definition) is 1. The first-order valence-electron chi connectivity index (χ1n) is 12.6. The molecule has 3 aliphatic heterocycles. The topological polar surface area (TPSA) is 53.5 Å². The van der Waals surface area contributed by atoms with Crippen LogP contribution in [-0.4, -0.2) is 67.1 Å². The van der Waals surface area contributed by atoms with Gasteiger partial charge in [0.25, 0.3) is 0 Å². The zero-order chi connectivity index (χ0) is 23.0. The monoisotopic (exact) mass is 467 g/mol. The van der Waals surface area contributed by atoms with E-state index >= 15 is 0 Å². The molecule has 0 amide bonds. The molecule has 1 saturated carbocycles. The highest BCUT2D eigenvalue weighted by Crippen LogP contribution is 2.42. The van der Waals surface area contributed by atoms with Gasteiger partial charge >= 0.3 is 6.18 Å². The Morgan fingerprint density at radius 2 is 1.79 bits per heavy atom. The largest absolute Gasteiger partial charge is 0.420 e. The molecule has 0 radical (unpaired) electrons. The SMILES string of the molecule is C[C@H]1CCCN(c2cc(C(F)(F)F)c(NC3CC4CN(CC5CCOCC5)C[C@H]4C3)nn2)C1. The van der Waals surface area contributed by atoms with Crippen LogP contribution in [0.25, 0.3) is 0 Å². The Balaban J connectivity index is 1.21. The van der Waals surface area contributed by atoms with Gasteiger partial charge in [-0.3, -0.25) is 0 Å². The molecule has 1 N–H and O–H groups in total. The average Bonchev–Trinajstić information content (AvgIpc) is 3.32. The number of likely N-dealkylation sites (tertiary alicyclic amines) is 1. The maximum atomic E-state index is 13.9. The number of anilines is 2. The van der Waals surface area contributed by atoms with Gasteiger partial charge in [0.05, 0.1) is 0 Å². The van der Waals surface area contributed by atoms with E-state index in [-0.39, 0.29) is 11.9 Å². The summed E-state index contributed by atoms with van der Waals surface area (Å²) in [6.45, 7) is 8.59. The van der Waals surface area contributed by atoms with Gasteiger partial charge in [0.2, 0.25) is 0 Å². The molecule has 4 aliphatic rings. The van der Waals surface area contributed by atoms with Gasteiger partial charge in [-0.15, -0.1) is 10.2 Å². The predicted octanol–water partition coefficient (Wildman–Crippen LogP) is 4.28. The van der Waals surface area contributed by atoms with Crippen molar-refractivity contribution in [3.63, 3.8) is 0 Å². The number of aromatic nitrogens is 2. The average molecular weight is 468 g/mol. The molecule has 33 heavy (non-hydrogen) atoms. The number of piperidine rings is 1. The summed E-state index contributed by atoms with van der Waals surface area (Å²) in [5.41, 5.74) is -0.691. The Labute approximate surface area is 194 Å². The minimum Gasteiger partial charge on any atom is -0.381 e. The van der Waals surface area contributed by atoms with Crippen molar-refractivity contribution in [3.8, 4) is 0 Å². The van der Waals surface area contributed by atoms with Crippen molar-refractivity contribution in [1.82, 2.24) is 15.1 Å². The molecule has 4 fully saturated rings. The predicted molar refractivity (Wildman–Crippen MR) is 121 cm³/mol. The second-order valence-electron chi connectivity index (χ2n) is 10.8. The summed E-state index contributed by atoms with van der Waals surface area (Å²) in [5.74, 6) is 2.51. The fourth-order valence-electron chi connectivity index (χ4n) is 6.41. The molecule has 4 atom stereocenters. The summed E-state index contributed by atoms with van der Waals surface area (Å²) in [6, 6.07) is 1.22. The Kier molecular flexibility index (Phi) is 6.71. The third-order valence-corrected chi connectivity index (χ3v) is 8.09. The normalized spacial score (nSPS) is 31.7. The van der Waals surface area contributed by atoms with Gasteiger partial charge in [-0.25, -0.2) is 0 Å². The van der Waals surface area contributed by atoms with Crippen LogP contribution < -0.4 is 10.2 Å². The van der Waals surface area contributed by atoms with Crippen LogP contribution in [0.2, 0.25) is 0 Å². The number of rotatable bonds is 5. The molecule has 1 aromatic heterocycles. The maximum Gasteiger partial charge on any atom is 0.420 e. The van der Waals surface area contributed by atoms with Crippen LogP contribution in [-0.2, 0) is 10.9 Å². The van der Waals surface area contributed by atoms with Crippen molar-refractivity contribution in [3.05, 3.63) is 11.6 Å². The number of alkyl halides is 3. The molecule has 4 heterocycles. The van der Waals surface area contributed by atoms with Crippen molar-refractivity contribution < 1.29 is 17.9 Å². The standard InChI is InChI=1S/C24H36F3N5O/c1-16-3-2-6-32(12-16)22-11-21(24(25,26)27)23(30-29-22)28-20-9-18-14-31(15-19(18)10-20)13-17-4-7-33-8-5-17/h11,16-20H,2-10,12-15H2,1H3,(H,28,30)/t16-,18+,19?,20?/m0/s1. The number of nitrogens with one attached hydrogen (secondary N) is 1. The second-order valence-corrected chi connectivity index (χ2v) is 10.8. The molecule has 3 saturated heterocycles. The van der Waals surface area contributed by atoms with Gasteiger partial charge in [-0.1, -0.05) is 6.92 Å². The quantitative estimate of drug-likeness (QED) is 0.698. The molecule has 1 aromatic rings. The zero-order valence-corrected chi connectivity index (χ0v) is 19.5. The van der Waals surface area contributed by atoms with Gasteiger partial charge < -0.3 is 19.9 Å². The van der Waals surface area contributed by atoms with E-state index in [1.54, 1.807) is 0 Å². The number of hydrogen-bond acceptors (Lipinski definition) is 6. The van der Waals surface area contributed by atoms with Gasteiger partial charge in [0, 0.05) is 52.0 Å². The van der Waals surface area contributed by atoms with E-state index in [4.69, 9.17) is 4.74 Å². The Bertz CT molecular complexity index is 802. The summed E-state index contributed by atoms with van der Waals surface area (Å²) in [5, 5.41) is 11.4. The van der Waals surface area contributed by atoms with E-state index in [0.29, 0.717) is 23.6 Å². The number of fused-ring (bicyclic) bond motifs is 1. The molecule has 5 rings (SSSR count). The first-order chi connectivity index (χ1) is 15.8. The van der Waals surface area contributed by atoms with Crippen LogP contribution in [0.3, 0.4) is 0 Å². The third kappa shape index (κ3) is 5.39. The van der Waals surface area contributed by atoms with E-state index in [1.807, 2.05) is 4.90 Å². The maximum absolute atomic E-state index is 13.9. The minimum absolute atomic E-state index is 0.0292. The fourth-order valence-corrected chi connectivity index (χ4v) is 6.41. The first kappa shape index (κ1) is 23.1. The van der Waals surface area contributed by atoms with Gasteiger partial charge in [0.15, 0.2) is 11.6 Å². The van der Waals surface area contributed by atoms with Gasteiger partial charge in [0.1, 0.15) is 5.56 Å². The minimum atomic E-state index is -4.45. The van der Waals surface area contributed by atoms with Crippen molar-refractivity contribution in [2.75, 3.05) is 56.2 Å². The number of halogens is 3. The van der Waals surface area contributed by atoms with Crippen LogP contribution in [0.4, 0.5) is 24.8 Å². The van der Waals surface area contributed by atoms with E-state index < -0.39 is 11.7 Å². The van der Waals surface area contributed by atoms with Crippen LogP contribution in [0, 0.1) is 23.7 Å². The summed E-state index contributed by atoms with van der Waals surface area (Å²) in [4.78, 5) is 4.50. The molecular formula is C24H36F3N5O. The van der Waals surface area contributed by atoms with Crippen molar-refractivity contribution in [2.24, 2.45) is 23.7 Å². The molecule has 0 aromatic carbocycles. The number of nitrogens with zero attached hydrogens (tertiary/aromatic N) is 4. The Morgan fingerprint density at radius 1 is 1.06 bits per heavy atom. The Morgan fingerprint density at radius 3 is 2.45 bits per heavy atom. The third-order valence-electron chi connectivity index (χ3n) is 8.09. The zero-order valence-electron chi connectivity index (χ0n) is 19.5. The molecule has 9 heteroatoms. The summed E-state index contributed by atoms with van der Waals surface area (Å²) in [7, 11) is 0. The molecule has 184 valence electrons. The Hall–Kier alpha value is -1.61. The van der Waals surface area contributed by atoms with Crippen molar-refractivity contribution in [2.45, 2.75) is 57.7 Å². The molecular weight excluding hydrogens is 431 g/mol. The van der Waals surface area contributed by atoms with E-state index in [0.717, 1.165) is 90.4 Å². The fraction of sp³-hybridized carbons (Fsp3) is 0.833. The summed E-state index contributed by atoms with van der Waals surface area (Å²) in [6.07, 6.45) is 1.71. The van der Waals surface area contributed by atoms with Crippen molar-refractivity contribution in [1.29, 1.82) is 0 Å². The highest BCUT2D eigenvalue weighted by molar-refractivity contribution is 5.53. The van der Waals surface area contributed by atoms with E-state index in [9.17, 15) is 13.2 Å². The van der Waals surface area contributed by atoms with Crippen LogP contribution >= 0.6 is 0 Å². The molecule has 0 bridgehead atoms. The lowest BCUT2D eigenvalue weighted by Gasteiger charge is -2.32. The van der Waals surface area contributed by atoms with Gasteiger partial charge in [-0.05, 0) is 68.3 Å². The van der Waals surface area contributed by atoms with Crippen molar-refractivity contribution >= 4 is 11.6 Å². The van der Waals surface area contributed by atoms with Crippen LogP contribution in [0.5, 0.6) is 0 Å². The van der Waals surface area contributed by atoms with E-state index in [2.05, 4.69) is 27.3 Å².